The second-order valence-electron chi connectivity index (χ2n) is 8.01. The molecule has 0 radical (unpaired) electrons. The smallest absolute Gasteiger partial charge is 0.260 e. The van der Waals surface area contributed by atoms with Crippen LogP contribution in [-0.2, 0) is 15.0 Å². The van der Waals surface area contributed by atoms with Gasteiger partial charge in [-0.3, -0.25) is 9.59 Å². The Morgan fingerprint density at radius 2 is 1.55 bits per heavy atom. The van der Waals surface area contributed by atoms with Gasteiger partial charge in [-0.05, 0) is 55.5 Å². The van der Waals surface area contributed by atoms with E-state index in [1.165, 1.54) is 0 Å². The Balaban J connectivity index is 1.37. The van der Waals surface area contributed by atoms with Crippen LogP contribution in [0.3, 0.4) is 0 Å². The molecular formula is C24H28N2O3. The molecule has 1 aliphatic heterocycles. The minimum Gasteiger partial charge on any atom is -0.484 e. The molecule has 4 rings (SSSR count). The average molecular weight is 392 g/mol. The number of amides is 2. The Bertz CT molecular complexity index is 836. The van der Waals surface area contributed by atoms with Gasteiger partial charge in [-0.2, -0.15) is 0 Å². The van der Waals surface area contributed by atoms with Crippen molar-refractivity contribution in [2.45, 2.75) is 43.9 Å². The van der Waals surface area contributed by atoms with E-state index in [2.05, 4.69) is 17.4 Å². The monoisotopic (exact) mass is 392 g/mol. The molecule has 1 N–H and O–H groups in total. The number of nitrogens with zero attached hydrogens (tertiary/aromatic N) is 1. The number of carbonyl (C=O) groups excluding carboxylic acids is 2. The van der Waals surface area contributed by atoms with Crippen LogP contribution in [0, 0.1) is 0 Å². The fourth-order valence-corrected chi connectivity index (χ4v) is 4.47. The Kier molecular flexibility index (Phi) is 5.84. The Labute approximate surface area is 172 Å². The third kappa shape index (κ3) is 4.29. The number of hydrogen-bond donors (Lipinski definition) is 1. The van der Waals surface area contributed by atoms with Crippen LogP contribution in [0.5, 0.6) is 5.75 Å². The molecule has 1 saturated carbocycles. The van der Waals surface area contributed by atoms with Gasteiger partial charge in [0.1, 0.15) is 5.75 Å². The number of ether oxygens (including phenoxy) is 1. The largest absolute Gasteiger partial charge is 0.484 e. The Morgan fingerprint density at radius 1 is 0.897 bits per heavy atom. The maximum absolute atomic E-state index is 13.2. The summed E-state index contributed by atoms with van der Waals surface area (Å²) in [4.78, 5) is 27.1. The van der Waals surface area contributed by atoms with E-state index in [0.29, 0.717) is 5.75 Å². The number of nitrogens with one attached hydrogen (secondary N) is 1. The zero-order valence-corrected chi connectivity index (χ0v) is 16.7. The zero-order valence-electron chi connectivity index (χ0n) is 16.7. The number of hydrogen-bond acceptors (Lipinski definition) is 3. The highest BCUT2D eigenvalue weighted by Crippen LogP contribution is 2.42. The molecular weight excluding hydrogens is 364 g/mol. The van der Waals surface area contributed by atoms with E-state index >= 15 is 0 Å². The minimum atomic E-state index is -0.446. The van der Waals surface area contributed by atoms with Crippen molar-refractivity contribution in [2.24, 2.45) is 0 Å². The summed E-state index contributed by atoms with van der Waals surface area (Å²) in [5.74, 6) is 0.721. The number of rotatable bonds is 6. The Hall–Kier alpha value is -2.82. The molecule has 2 aromatic rings. The first kappa shape index (κ1) is 19.5. The molecule has 0 bridgehead atoms. The van der Waals surface area contributed by atoms with E-state index < -0.39 is 5.41 Å². The first-order valence-corrected chi connectivity index (χ1v) is 10.5. The van der Waals surface area contributed by atoms with E-state index in [0.717, 1.165) is 62.9 Å². The van der Waals surface area contributed by atoms with Crippen LogP contribution in [0.2, 0.25) is 0 Å². The summed E-state index contributed by atoms with van der Waals surface area (Å²) in [6.07, 6.45) is 6.04. The average Bonchev–Trinajstić information content (AvgIpc) is 3.46. The molecule has 0 spiro atoms. The van der Waals surface area contributed by atoms with E-state index in [1.807, 2.05) is 35.2 Å². The molecule has 1 aliphatic carbocycles. The molecule has 2 fully saturated rings. The maximum atomic E-state index is 13.2. The fraction of sp³-hybridized carbons (Fsp3) is 0.417. The second-order valence-corrected chi connectivity index (χ2v) is 8.01. The molecule has 5 heteroatoms. The highest BCUT2D eigenvalue weighted by Gasteiger charge is 2.42. The molecule has 29 heavy (non-hydrogen) atoms. The summed E-state index contributed by atoms with van der Waals surface area (Å²) in [5, 5.41) is 3.09. The summed E-state index contributed by atoms with van der Waals surface area (Å²) in [7, 11) is 0. The van der Waals surface area contributed by atoms with Crippen molar-refractivity contribution in [3.8, 4) is 5.75 Å². The highest BCUT2D eigenvalue weighted by molar-refractivity contribution is 5.99. The van der Waals surface area contributed by atoms with Crippen molar-refractivity contribution >= 4 is 17.5 Å². The summed E-state index contributed by atoms with van der Waals surface area (Å²) in [6.45, 7) is 1.72. The molecule has 5 nitrogen and oxygen atoms in total. The lowest BCUT2D eigenvalue weighted by Crippen LogP contribution is -2.37. The van der Waals surface area contributed by atoms with Gasteiger partial charge < -0.3 is 15.0 Å². The minimum absolute atomic E-state index is 0.0333. The summed E-state index contributed by atoms with van der Waals surface area (Å²) in [6, 6.07) is 17.4. The van der Waals surface area contributed by atoms with Crippen molar-refractivity contribution in [3.63, 3.8) is 0 Å². The van der Waals surface area contributed by atoms with Gasteiger partial charge in [-0.25, -0.2) is 0 Å². The molecule has 0 atom stereocenters. The van der Waals surface area contributed by atoms with Crippen molar-refractivity contribution in [3.05, 3.63) is 60.2 Å². The molecule has 0 aromatic heterocycles. The second kappa shape index (κ2) is 8.68. The number of carbonyl (C=O) groups is 2. The van der Waals surface area contributed by atoms with Gasteiger partial charge in [-0.1, -0.05) is 43.2 Å². The third-order valence-corrected chi connectivity index (χ3v) is 6.15. The van der Waals surface area contributed by atoms with Gasteiger partial charge >= 0.3 is 0 Å². The van der Waals surface area contributed by atoms with Crippen LogP contribution in [0.4, 0.5) is 5.69 Å². The lowest BCUT2D eigenvalue weighted by molar-refractivity contribution is -0.132. The van der Waals surface area contributed by atoms with Crippen LogP contribution < -0.4 is 10.1 Å². The molecule has 152 valence electrons. The van der Waals surface area contributed by atoms with E-state index in [4.69, 9.17) is 4.74 Å². The van der Waals surface area contributed by atoms with Crippen molar-refractivity contribution in [1.82, 2.24) is 4.90 Å². The predicted octanol–water partition coefficient (Wildman–Crippen LogP) is 4.14. The van der Waals surface area contributed by atoms with Crippen LogP contribution in [0.15, 0.2) is 54.6 Å². The maximum Gasteiger partial charge on any atom is 0.260 e. The zero-order chi connectivity index (χ0) is 20.1. The molecule has 1 saturated heterocycles. The van der Waals surface area contributed by atoms with E-state index in [1.54, 1.807) is 12.1 Å². The van der Waals surface area contributed by atoms with Gasteiger partial charge in [0.2, 0.25) is 5.91 Å². The van der Waals surface area contributed by atoms with Gasteiger partial charge in [0.05, 0.1) is 5.41 Å². The summed E-state index contributed by atoms with van der Waals surface area (Å²) >= 11 is 0. The lowest BCUT2D eigenvalue weighted by Gasteiger charge is -2.28. The Morgan fingerprint density at radius 3 is 2.21 bits per heavy atom. The van der Waals surface area contributed by atoms with Gasteiger partial charge in [0.15, 0.2) is 6.61 Å². The number of likely N-dealkylation sites (tertiary alicyclic amines) is 1. The van der Waals surface area contributed by atoms with Crippen LogP contribution in [0.25, 0.3) is 0 Å². The number of benzene rings is 2. The predicted molar refractivity (Wildman–Crippen MR) is 113 cm³/mol. The van der Waals surface area contributed by atoms with Crippen LogP contribution in [-0.4, -0.2) is 36.4 Å². The molecule has 0 unspecified atom stereocenters. The molecule has 2 amide bonds. The molecule has 2 aromatic carbocycles. The van der Waals surface area contributed by atoms with Crippen LogP contribution >= 0.6 is 0 Å². The first-order chi connectivity index (χ1) is 14.2. The summed E-state index contributed by atoms with van der Waals surface area (Å²) < 4.78 is 5.63. The highest BCUT2D eigenvalue weighted by atomic mass is 16.5. The van der Waals surface area contributed by atoms with Crippen molar-refractivity contribution < 1.29 is 14.3 Å². The van der Waals surface area contributed by atoms with Gasteiger partial charge in [0, 0.05) is 18.8 Å². The fourth-order valence-electron chi connectivity index (χ4n) is 4.47. The molecule has 2 aliphatic rings. The third-order valence-electron chi connectivity index (χ3n) is 6.15. The van der Waals surface area contributed by atoms with Crippen LogP contribution in [0.1, 0.15) is 44.1 Å². The molecule has 1 heterocycles. The first-order valence-electron chi connectivity index (χ1n) is 10.5. The van der Waals surface area contributed by atoms with Gasteiger partial charge in [-0.15, -0.1) is 0 Å². The SMILES string of the molecule is O=C(COc1ccc(NC(=O)C2(c3ccccc3)CCCC2)cc1)N1CCCC1. The quantitative estimate of drug-likeness (QED) is 0.804. The van der Waals surface area contributed by atoms with Crippen molar-refractivity contribution in [1.29, 1.82) is 0 Å². The standard InChI is InChI=1S/C24H28N2O3/c27-22(26-16-6-7-17-26)18-29-21-12-10-20(11-13-21)25-23(28)24(14-4-5-15-24)19-8-2-1-3-9-19/h1-3,8-13H,4-7,14-18H2,(H,25,28). The van der Waals surface area contributed by atoms with E-state index in [9.17, 15) is 9.59 Å². The van der Waals surface area contributed by atoms with Gasteiger partial charge in [0.25, 0.3) is 5.91 Å². The van der Waals surface area contributed by atoms with Crippen molar-refractivity contribution in [2.75, 3.05) is 25.0 Å². The normalized spacial score (nSPS) is 17.9. The number of anilines is 1. The lowest BCUT2D eigenvalue weighted by atomic mass is 9.78. The van der Waals surface area contributed by atoms with E-state index in [-0.39, 0.29) is 18.4 Å². The topological polar surface area (TPSA) is 58.6 Å². The summed E-state index contributed by atoms with van der Waals surface area (Å²) in [5.41, 5.74) is 1.39.